The van der Waals surface area contributed by atoms with Crippen molar-refractivity contribution in [3.63, 3.8) is 0 Å². The largest absolute Gasteiger partial charge is 0.381 e. The molecular weight excluding hydrogens is 144 g/mol. The molecule has 0 bridgehead atoms. The van der Waals surface area contributed by atoms with Crippen molar-refractivity contribution in [2.75, 3.05) is 26.8 Å². The molecule has 4 nitrogen and oxygen atoms in total. The summed E-state index contributed by atoms with van der Waals surface area (Å²) in [4.78, 5) is 10.7. The van der Waals surface area contributed by atoms with Gasteiger partial charge in [-0.3, -0.25) is 0 Å². The predicted octanol–water partition coefficient (Wildman–Crippen LogP) is -0.0481. The highest BCUT2D eigenvalue weighted by Gasteiger charge is 2.15. The Balaban J connectivity index is 2.06. The van der Waals surface area contributed by atoms with E-state index in [0.717, 1.165) is 26.2 Å². The molecule has 0 aromatic heterocycles. The molecule has 1 aliphatic rings. The molecule has 1 fully saturated rings. The molecule has 4 heteroatoms. The van der Waals surface area contributed by atoms with Gasteiger partial charge in [0.05, 0.1) is 6.61 Å². The Kier molecular flexibility index (Phi) is 3.16. The lowest BCUT2D eigenvalue weighted by Crippen LogP contribution is -2.36. The van der Waals surface area contributed by atoms with E-state index >= 15 is 0 Å². The summed E-state index contributed by atoms with van der Waals surface area (Å²) in [6.45, 7) is 2.34. The van der Waals surface area contributed by atoms with Crippen LogP contribution in [0, 0.1) is 5.92 Å². The van der Waals surface area contributed by atoms with Crippen LogP contribution in [0.5, 0.6) is 0 Å². The Labute approximate surface area is 66.3 Å². The number of amides is 2. The van der Waals surface area contributed by atoms with Crippen LogP contribution in [0.3, 0.4) is 0 Å². The maximum absolute atomic E-state index is 10.7. The number of nitrogens with one attached hydrogen (secondary N) is 2. The van der Waals surface area contributed by atoms with Gasteiger partial charge in [0, 0.05) is 26.1 Å². The van der Waals surface area contributed by atoms with Gasteiger partial charge in [0.1, 0.15) is 0 Å². The molecule has 0 aromatic rings. The van der Waals surface area contributed by atoms with Crippen molar-refractivity contribution < 1.29 is 9.53 Å². The second kappa shape index (κ2) is 4.18. The van der Waals surface area contributed by atoms with E-state index in [1.807, 2.05) is 0 Å². The third-order valence-electron chi connectivity index (χ3n) is 1.80. The van der Waals surface area contributed by atoms with Crippen molar-refractivity contribution in [2.45, 2.75) is 6.42 Å². The number of hydrogen-bond donors (Lipinski definition) is 2. The molecule has 1 saturated heterocycles. The Morgan fingerprint density at radius 3 is 3.09 bits per heavy atom. The maximum atomic E-state index is 10.7. The van der Waals surface area contributed by atoms with Crippen molar-refractivity contribution in [3.05, 3.63) is 0 Å². The first-order valence-corrected chi connectivity index (χ1v) is 3.86. The fraction of sp³-hybridized carbons (Fsp3) is 0.857. The van der Waals surface area contributed by atoms with Gasteiger partial charge in [-0.05, 0) is 6.42 Å². The molecule has 1 heterocycles. The molecule has 0 saturated carbocycles. The molecule has 1 atom stereocenters. The predicted molar refractivity (Wildman–Crippen MR) is 41.4 cm³/mol. The quantitative estimate of drug-likeness (QED) is 0.592. The summed E-state index contributed by atoms with van der Waals surface area (Å²) in [5.41, 5.74) is 0. The fourth-order valence-corrected chi connectivity index (χ4v) is 1.07. The van der Waals surface area contributed by atoms with Gasteiger partial charge in [-0.15, -0.1) is 0 Å². The standard InChI is InChI=1S/C7H14N2O2/c1-8-7(10)9-4-6-2-3-11-5-6/h6H,2-5H2,1H3,(H2,8,9,10)/t6-/m1/s1. The first kappa shape index (κ1) is 8.33. The van der Waals surface area contributed by atoms with Crippen LogP contribution < -0.4 is 10.6 Å². The average Bonchev–Trinajstić information content (AvgIpc) is 2.52. The first-order valence-electron chi connectivity index (χ1n) is 3.86. The monoisotopic (exact) mass is 158 g/mol. The Morgan fingerprint density at radius 2 is 2.55 bits per heavy atom. The highest BCUT2D eigenvalue weighted by molar-refractivity contribution is 5.73. The van der Waals surface area contributed by atoms with Crippen LogP contribution in [-0.4, -0.2) is 32.8 Å². The average molecular weight is 158 g/mol. The second-order valence-corrected chi connectivity index (χ2v) is 2.69. The van der Waals surface area contributed by atoms with Crippen LogP contribution in [0.2, 0.25) is 0 Å². The lowest BCUT2D eigenvalue weighted by atomic mass is 10.1. The van der Waals surface area contributed by atoms with E-state index in [1.165, 1.54) is 0 Å². The highest BCUT2D eigenvalue weighted by atomic mass is 16.5. The van der Waals surface area contributed by atoms with E-state index in [4.69, 9.17) is 4.74 Å². The molecule has 2 N–H and O–H groups in total. The van der Waals surface area contributed by atoms with E-state index in [1.54, 1.807) is 7.05 Å². The van der Waals surface area contributed by atoms with Crippen molar-refractivity contribution in [3.8, 4) is 0 Å². The van der Waals surface area contributed by atoms with Crippen LogP contribution in [0.25, 0.3) is 0 Å². The van der Waals surface area contributed by atoms with Gasteiger partial charge in [-0.2, -0.15) is 0 Å². The molecule has 1 rings (SSSR count). The van der Waals surface area contributed by atoms with Crippen LogP contribution >= 0.6 is 0 Å². The van der Waals surface area contributed by atoms with Gasteiger partial charge >= 0.3 is 6.03 Å². The van der Waals surface area contributed by atoms with Crippen LogP contribution in [0.15, 0.2) is 0 Å². The van der Waals surface area contributed by atoms with Gasteiger partial charge in [0.15, 0.2) is 0 Å². The fourth-order valence-electron chi connectivity index (χ4n) is 1.07. The van der Waals surface area contributed by atoms with Gasteiger partial charge < -0.3 is 15.4 Å². The van der Waals surface area contributed by atoms with Crippen molar-refractivity contribution in [1.29, 1.82) is 0 Å². The number of ether oxygens (including phenoxy) is 1. The summed E-state index contributed by atoms with van der Waals surface area (Å²) in [7, 11) is 1.61. The third-order valence-corrected chi connectivity index (χ3v) is 1.80. The minimum absolute atomic E-state index is 0.114. The number of carbonyl (C=O) groups is 1. The minimum Gasteiger partial charge on any atom is -0.381 e. The maximum Gasteiger partial charge on any atom is 0.314 e. The van der Waals surface area contributed by atoms with Crippen molar-refractivity contribution in [2.24, 2.45) is 5.92 Å². The molecular formula is C7H14N2O2. The van der Waals surface area contributed by atoms with Gasteiger partial charge in [0.2, 0.25) is 0 Å². The Morgan fingerprint density at radius 1 is 1.73 bits per heavy atom. The summed E-state index contributed by atoms with van der Waals surface area (Å²) in [6.07, 6.45) is 1.06. The van der Waals surface area contributed by atoms with E-state index in [0.29, 0.717) is 5.92 Å². The zero-order valence-electron chi connectivity index (χ0n) is 6.72. The van der Waals surface area contributed by atoms with Crippen molar-refractivity contribution >= 4 is 6.03 Å². The molecule has 0 spiro atoms. The van der Waals surface area contributed by atoms with Gasteiger partial charge in [-0.25, -0.2) is 4.79 Å². The Hall–Kier alpha value is -0.770. The summed E-state index contributed by atoms with van der Waals surface area (Å²) in [6, 6.07) is -0.114. The normalized spacial score (nSPS) is 23.2. The molecule has 0 radical (unpaired) electrons. The van der Waals surface area contributed by atoms with Crippen LogP contribution in [0.4, 0.5) is 4.79 Å². The van der Waals surface area contributed by atoms with Crippen LogP contribution in [-0.2, 0) is 4.74 Å². The first-order chi connectivity index (χ1) is 5.33. The number of rotatable bonds is 2. The Bertz CT molecular complexity index is 132. The topological polar surface area (TPSA) is 50.4 Å². The molecule has 0 aromatic carbocycles. The zero-order chi connectivity index (χ0) is 8.10. The summed E-state index contributed by atoms with van der Waals surface area (Å²) in [5.74, 6) is 0.507. The minimum atomic E-state index is -0.114. The summed E-state index contributed by atoms with van der Waals surface area (Å²) >= 11 is 0. The van der Waals surface area contributed by atoms with E-state index < -0.39 is 0 Å². The molecule has 0 unspecified atom stereocenters. The van der Waals surface area contributed by atoms with Gasteiger partial charge in [-0.1, -0.05) is 0 Å². The molecule has 0 aliphatic carbocycles. The van der Waals surface area contributed by atoms with E-state index in [-0.39, 0.29) is 6.03 Å². The third kappa shape index (κ3) is 2.76. The number of hydrogen-bond acceptors (Lipinski definition) is 2. The SMILES string of the molecule is CNC(=O)NC[C@H]1CCOC1. The second-order valence-electron chi connectivity index (χ2n) is 2.69. The number of carbonyl (C=O) groups excluding carboxylic acids is 1. The highest BCUT2D eigenvalue weighted by Crippen LogP contribution is 2.10. The van der Waals surface area contributed by atoms with Crippen LogP contribution in [0.1, 0.15) is 6.42 Å². The molecule has 1 aliphatic heterocycles. The van der Waals surface area contributed by atoms with Crippen molar-refractivity contribution in [1.82, 2.24) is 10.6 Å². The van der Waals surface area contributed by atoms with E-state index in [9.17, 15) is 4.79 Å². The smallest absolute Gasteiger partial charge is 0.314 e. The molecule has 11 heavy (non-hydrogen) atoms. The zero-order valence-corrected chi connectivity index (χ0v) is 6.72. The van der Waals surface area contributed by atoms with E-state index in [2.05, 4.69) is 10.6 Å². The lowest BCUT2D eigenvalue weighted by molar-refractivity contribution is 0.185. The molecule has 64 valence electrons. The summed E-state index contributed by atoms with van der Waals surface area (Å²) in [5, 5.41) is 5.24. The summed E-state index contributed by atoms with van der Waals surface area (Å²) < 4.78 is 5.15. The number of urea groups is 1. The van der Waals surface area contributed by atoms with Gasteiger partial charge in [0.25, 0.3) is 0 Å². The lowest BCUT2D eigenvalue weighted by Gasteiger charge is -2.07. The molecule has 2 amide bonds.